The van der Waals surface area contributed by atoms with E-state index < -0.39 is 17.9 Å². The minimum Gasteiger partial charge on any atom is -0.479 e. The van der Waals surface area contributed by atoms with Crippen molar-refractivity contribution in [2.45, 2.75) is 6.04 Å². The molecule has 2 N–H and O–H groups in total. The number of nitrogens with zero attached hydrogens (tertiary/aromatic N) is 2. The third-order valence-corrected chi connectivity index (χ3v) is 3.41. The Morgan fingerprint density at radius 1 is 1.35 bits per heavy atom. The third-order valence-electron chi connectivity index (χ3n) is 2.69. The third kappa shape index (κ3) is 3.35. The number of rotatable bonds is 4. The van der Waals surface area contributed by atoms with Crippen LogP contribution in [0, 0.1) is 3.57 Å². The van der Waals surface area contributed by atoms with E-state index in [0.29, 0.717) is 11.1 Å². The summed E-state index contributed by atoms with van der Waals surface area (Å²) in [5.41, 5.74) is 0.847. The van der Waals surface area contributed by atoms with Crippen molar-refractivity contribution in [1.29, 1.82) is 0 Å². The molecular weight excluding hydrogens is 373 g/mol. The molecular formula is C13H12IN3O3. The molecule has 1 atom stereocenters. The standard InChI is InChI=1S/C13H12IN3O3/c1-17-7-9(6-15-17)11(13(19)20)16-12(18)8-2-4-10(14)5-3-8/h2-7,11H,1H3,(H,16,18)(H,19,20). The number of carboxylic acids is 1. The van der Waals surface area contributed by atoms with Crippen molar-refractivity contribution in [2.75, 3.05) is 0 Å². The summed E-state index contributed by atoms with van der Waals surface area (Å²) in [6, 6.07) is 5.76. The Bertz CT molecular complexity index is 637. The van der Waals surface area contributed by atoms with E-state index in [4.69, 9.17) is 0 Å². The highest BCUT2D eigenvalue weighted by Gasteiger charge is 2.23. The van der Waals surface area contributed by atoms with E-state index in [1.54, 1.807) is 37.5 Å². The molecule has 0 radical (unpaired) electrons. The maximum atomic E-state index is 12.0. The minimum atomic E-state index is -1.13. The van der Waals surface area contributed by atoms with Crippen LogP contribution in [-0.2, 0) is 11.8 Å². The predicted molar refractivity (Wildman–Crippen MR) is 80.2 cm³/mol. The van der Waals surface area contributed by atoms with Crippen LogP contribution in [0.2, 0.25) is 0 Å². The van der Waals surface area contributed by atoms with Gasteiger partial charge in [-0.1, -0.05) is 0 Å². The number of amides is 1. The van der Waals surface area contributed by atoms with Crippen molar-refractivity contribution in [3.63, 3.8) is 0 Å². The molecule has 7 heteroatoms. The largest absolute Gasteiger partial charge is 0.479 e. The fourth-order valence-electron chi connectivity index (χ4n) is 1.69. The van der Waals surface area contributed by atoms with Crippen molar-refractivity contribution in [2.24, 2.45) is 7.05 Å². The number of carboxylic acid groups (broad SMARTS) is 1. The second-order valence-corrected chi connectivity index (χ2v) is 5.44. The van der Waals surface area contributed by atoms with Crippen LogP contribution in [0.5, 0.6) is 0 Å². The van der Waals surface area contributed by atoms with Gasteiger partial charge >= 0.3 is 5.97 Å². The summed E-state index contributed by atoms with van der Waals surface area (Å²) in [5, 5.41) is 15.6. The highest BCUT2D eigenvalue weighted by Crippen LogP contribution is 2.14. The van der Waals surface area contributed by atoms with Crippen LogP contribution in [0.25, 0.3) is 0 Å². The Hall–Kier alpha value is -1.90. The zero-order valence-corrected chi connectivity index (χ0v) is 12.7. The van der Waals surface area contributed by atoms with Gasteiger partial charge in [-0.2, -0.15) is 5.10 Å². The topological polar surface area (TPSA) is 84.2 Å². The molecule has 0 spiro atoms. The number of hydrogen-bond acceptors (Lipinski definition) is 3. The Labute approximate surface area is 128 Å². The van der Waals surface area contributed by atoms with E-state index in [1.165, 1.54) is 10.9 Å². The fraction of sp³-hybridized carbons (Fsp3) is 0.154. The van der Waals surface area contributed by atoms with Crippen molar-refractivity contribution in [3.8, 4) is 0 Å². The normalized spacial score (nSPS) is 11.9. The number of benzene rings is 1. The second-order valence-electron chi connectivity index (χ2n) is 4.20. The Kier molecular flexibility index (Phi) is 4.38. The van der Waals surface area contributed by atoms with Crippen molar-refractivity contribution in [1.82, 2.24) is 15.1 Å². The lowest BCUT2D eigenvalue weighted by Gasteiger charge is -2.12. The molecule has 20 heavy (non-hydrogen) atoms. The zero-order valence-electron chi connectivity index (χ0n) is 10.6. The minimum absolute atomic E-state index is 0.417. The maximum absolute atomic E-state index is 12.0. The molecule has 0 aliphatic carbocycles. The number of aromatic nitrogens is 2. The van der Waals surface area contributed by atoms with Crippen LogP contribution < -0.4 is 5.32 Å². The van der Waals surface area contributed by atoms with Gasteiger partial charge < -0.3 is 10.4 Å². The van der Waals surface area contributed by atoms with Crippen molar-refractivity contribution in [3.05, 3.63) is 51.4 Å². The zero-order chi connectivity index (χ0) is 14.7. The summed E-state index contributed by atoms with van der Waals surface area (Å²) in [5.74, 6) is -1.56. The highest BCUT2D eigenvalue weighted by molar-refractivity contribution is 14.1. The summed E-state index contributed by atoms with van der Waals surface area (Å²) in [6.07, 6.45) is 2.99. The lowest BCUT2D eigenvalue weighted by molar-refractivity contribution is -0.139. The van der Waals surface area contributed by atoms with Gasteiger partial charge in [0, 0.05) is 27.9 Å². The lowest BCUT2D eigenvalue weighted by atomic mass is 10.1. The number of carbonyl (C=O) groups is 2. The molecule has 0 saturated carbocycles. The monoisotopic (exact) mass is 385 g/mol. The summed E-state index contributed by atoms with van der Waals surface area (Å²) < 4.78 is 2.49. The smallest absolute Gasteiger partial charge is 0.331 e. The number of aliphatic carboxylic acids is 1. The average Bonchev–Trinajstić information content (AvgIpc) is 2.82. The van der Waals surface area contributed by atoms with Crippen LogP contribution in [0.4, 0.5) is 0 Å². The summed E-state index contributed by atoms with van der Waals surface area (Å²) in [6.45, 7) is 0. The van der Waals surface area contributed by atoms with Crippen molar-refractivity contribution >= 4 is 34.5 Å². The molecule has 104 valence electrons. The van der Waals surface area contributed by atoms with E-state index in [2.05, 4.69) is 33.0 Å². The number of carbonyl (C=O) groups excluding carboxylic acids is 1. The summed E-state index contributed by atoms with van der Waals surface area (Å²) in [4.78, 5) is 23.3. The van der Waals surface area contributed by atoms with Gasteiger partial charge in [0.15, 0.2) is 6.04 Å². The lowest BCUT2D eigenvalue weighted by Crippen LogP contribution is -2.33. The Balaban J connectivity index is 2.18. The Morgan fingerprint density at radius 3 is 2.50 bits per heavy atom. The average molecular weight is 385 g/mol. The molecule has 0 saturated heterocycles. The fourth-order valence-corrected chi connectivity index (χ4v) is 2.05. The SMILES string of the molecule is Cn1cc(C(NC(=O)c2ccc(I)cc2)C(=O)O)cn1. The van der Waals surface area contributed by atoms with Crippen LogP contribution in [0.15, 0.2) is 36.7 Å². The van der Waals surface area contributed by atoms with Crippen LogP contribution in [0.1, 0.15) is 22.0 Å². The quantitative estimate of drug-likeness (QED) is 0.783. The molecule has 0 aliphatic rings. The van der Waals surface area contributed by atoms with Crippen LogP contribution in [0.3, 0.4) is 0 Å². The van der Waals surface area contributed by atoms with E-state index in [9.17, 15) is 14.7 Å². The van der Waals surface area contributed by atoms with E-state index in [1.807, 2.05) is 0 Å². The molecule has 1 unspecified atom stereocenters. The Morgan fingerprint density at radius 2 is 2.00 bits per heavy atom. The number of halogens is 1. The van der Waals surface area contributed by atoms with Crippen LogP contribution in [-0.4, -0.2) is 26.8 Å². The first kappa shape index (κ1) is 14.5. The van der Waals surface area contributed by atoms with Gasteiger partial charge in [0.1, 0.15) is 0 Å². The molecule has 2 aromatic rings. The van der Waals surface area contributed by atoms with Gasteiger partial charge in [-0.15, -0.1) is 0 Å². The molecule has 6 nitrogen and oxygen atoms in total. The van der Waals surface area contributed by atoms with Gasteiger partial charge in [0.25, 0.3) is 5.91 Å². The molecule has 2 rings (SSSR count). The summed E-state index contributed by atoms with van der Waals surface area (Å²) >= 11 is 2.13. The molecule has 0 bridgehead atoms. The molecule has 1 aromatic heterocycles. The predicted octanol–water partition coefficient (Wildman–Crippen LogP) is 1.58. The van der Waals surface area contributed by atoms with Gasteiger partial charge in [-0.05, 0) is 46.9 Å². The van der Waals surface area contributed by atoms with Gasteiger partial charge in [0.2, 0.25) is 0 Å². The molecule has 1 heterocycles. The first-order valence-electron chi connectivity index (χ1n) is 5.75. The number of nitrogens with one attached hydrogen (secondary N) is 1. The van der Waals surface area contributed by atoms with Gasteiger partial charge in [0.05, 0.1) is 6.20 Å². The van der Waals surface area contributed by atoms with E-state index in [0.717, 1.165) is 3.57 Å². The van der Waals surface area contributed by atoms with Crippen LogP contribution >= 0.6 is 22.6 Å². The van der Waals surface area contributed by atoms with E-state index >= 15 is 0 Å². The van der Waals surface area contributed by atoms with Gasteiger partial charge in [-0.3, -0.25) is 9.48 Å². The highest BCUT2D eigenvalue weighted by atomic mass is 127. The van der Waals surface area contributed by atoms with Gasteiger partial charge in [-0.25, -0.2) is 4.79 Å². The summed E-state index contributed by atoms with van der Waals surface area (Å²) in [7, 11) is 1.68. The number of aryl methyl sites for hydroxylation is 1. The molecule has 0 aliphatic heterocycles. The van der Waals surface area contributed by atoms with Crippen molar-refractivity contribution < 1.29 is 14.7 Å². The molecule has 0 fully saturated rings. The molecule has 1 amide bonds. The number of hydrogen-bond donors (Lipinski definition) is 2. The first-order chi connectivity index (χ1) is 9.47. The molecule has 1 aromatic carbocycles. The maximum Gasteiger partial charge on any atom is 0.331 e. The second kappa shape index (κ2) is 6.04. The first-order valence-corrected chi connectivity index (χ1v) is 6.83. The van der Waals surface area contributed by atoms with E-state index in [-0.39, 0.29) is 0 Å².